The van der Waals surface area contributed by atoms with Gasteiger partial charge in [0.05, 0.1) is 36.2 Å². The molecule has 2 heterocycles. The third-order valence-corrected chi connectivity index (χ3v) is 7.86. The lowest BCUT2D eigenvalue weighted by Gasteiger charge is -2.14. The molecule has 11 heteroatoms. The standard InChI is InChI=1S/C35H29BrN4O6/c1-4-44-30-16-22(25(36)18-31(30)45-20-33(41)38-26-12-7-5-10-21(26)2)19-37-40-34(39-27-13-8-6-11-23(27)35(40)42)32-17-24-28(43-3)14-9-15-29(24)46-32/h5-19H,4,20H2,1-3H3,(H,38,41). The zero-order valence-corrected chi connectivity index (χ0v) is 26.8. The van der Waals surface area contributed by atoms with Crippen molar-refractivity contribution in [2.45, 2.75) is 13.8 Å². The highest BCUT2D eigenvalue weighted by molar-refractivity contribution is 9.10. The lowest BCUT2D eigenvalue weighted by atomic mass is 10.2. The van der Waals surface area contributed by atoms with Gasteiger partial charge in [0.25, 0.3) is 11.5 Å². The molecular weight excluding hydrogens is 652 g/mol. The van der Waals surface area contributed by atoms with Gasteiger partial charge >= 0.3 is 0 Å². The van der Waals surface area contributed by atoms with Gasteiger partial charge in [0, 0.05) is 15.7 Å². The van der Waals surface area contributed by atoms with Crippen molar-refractivity contribution in [2.75, 3.05) is 25.6 Å². The van der Waals surface area contributed by atoms with E-state index in [0.29, 0.717) is 61.8 Å². The number of amides is 1. The molecule has 0 saturated heterocycles. The molecule has 6 rings (SSSR count). The van der Waals surface area contributed by atoms with Crippen LogP contribution in [0, 0.1) is 6.92 Å². The van der Waals surface area contributed by atoms with Crippen molar-refractivity contribution in [2.24, 2.45) is 5.10 Å². The predicted molar refractivity (Wildman–Crippen MR) is 181 cm³/mol. The molecule has 46 heavy (non-hydrogen) atoms. The summed E-state index contributed by atoms with van der Waals surface area (Å²) in [6.07, 6.45) is 1.52. The summed E-state index contributed by atoms with van der Waals surface area (Å²) in [6.45, 7) is 3.90. The summed E-state index contributed by atoms with van der Waals surface area (Å²) in [5, 5.41) is 8.57. The van der Waals surface area contributed by atoms with Crippen LogP contribution in [-0.2, 0) is 4.79 Å². The smallest absolute Gasteiger partial charge is 0.282 e. The van der Waals surface area contributed by atoms with Gasteiger partial charge in [0.15, 0.2) is 23.9 Å². The number of anilines is 1. The number of fused-ring (bicyclic) bond motifs is 2. The molecule has 0 spiro atoms. The molecule has 0 saturated carbocycles. The molecule has 10 nitrogen and oxygen atoms in total. The fraction of sp³-hybridized carbons (Fsp3) is 0.143. The monoisotopic (exact) mass is 680 g/mol. The van der Waals surface area contributed by atoms with E-state index in [1.54, 1.807) is 43.5 Å². The Balaban J connectivity index is 1.35. The van der Waals surface area contributed by atoms with E-state index in [1.165, 1.54) is 10.9 Å². The molecule has 232 valence electrons. The summed E-state index contributed by atoms with van der Waals surface area (Å²) >= 11 is 3.57. The predicted octanol–water partition coefficient (Wildman–Crippen LogP) is 7.19. The number of hydrogen-bond acceptors (Lipinski definition) is 8. The van der Waals surface area contributed by atoms with Gasteiger partial charge in [-0.25, -0.2) is 4.98 Å². The van der Waals surface area contributed by atoms with Crippen LogP contribution in [0.5, 0.6) is 17.2 Å². The maximum atomic E-state index is 13.7. The van der Waals surface area contributed by atoms with Gasteiger partial charge in [-0.15, -0.1) is 0 Å². The van der Waals surface area contributed by atoms with Gasteiger partial charge in [0.1, 0.15) is 11.3 Å². The minimum atomic E-state index is -0.370. The average molecular weight is 682 g/mol. The number of carbonyl (C=O) groups excluding carboxylic acids is 1. The number of nitrogens with zero attached hydrogens (tertiary/aromatic N) is 3. The molecule has 1 N–H and O–H groups in total. The van der Waals surface area contributed by atoms with Gasteiger partial charge < -0.3 is 23.9 Å². The van der Waals surface area contributed by atoms with Crippen molar-refractivity contribution < 1.29 is 23.4 Å². The van der Waals surface area contributed by atoms with Crippen LogP contribution in [0.15, 0.2) is 104 Å². The molecule has 1 amide bonds. The summed E-state index contributed by atoms with van der Waals surface area (Å²) in [7, 11) is 1.58. The lowest BCUT2D eigenvalue weighted by Crippen LogP contribution is -2.21. The second-order valence-electron chi connectivity index (χ2n) is 10.2. The van der Waals surface area contributed by atoms with Crippen molar-refractivity contribution in [3.05, 3.63) is 111 Å². The minimum absolute atomic E-state index is 0.221. The Labute approximate surface area is 272 Å². The Morgan fingerprint density at radius 3 is 2.57 bits per heavy atom. The van der Waals surface area contributed by atoms with E-state index in [9.17, 15) is 9.59 Å². The average Bonchev–Trinajstić information content (AvgIpc) is 3.50. The van der Waals surface area contributed by atoms with Crippen LogP contribution in [0.1, 0.15) is 18.1 Å². The fourth-order valence-corrected chi connectivity index (χ4v) is 5.33. The van der Waals surface area contributed by atoms with Crippen LogP contribution >= 0.6 is 15.9 Å². The van der Waals surface area contributed by atoms with E-state index in [4.69, 9.17) is 23.6 Å². The number of benzene rings is 4. The number of aromatic nitrogens is 2. The van der Waals surface area contributed by atoms with Crippen LogP contribution in [-0.4, -0.2) is 42.1 Å². The molecule has 0 unspecified atom stereocenters. The number of nitrogens with one attached hydrogen (secondary N) is 1. The number of carbonyl (C=O) groups is 1. The van der Waals surface area contributed by atoms with Gasteiger partial charge in [-0.05, 0) is 83.9 Å². The topological polar surface area (TPSA) is 117 Å². The number of rotatable bonds is 10. The van der Waals surface area contributed by atoms with Crippen molar-refractivity contribution in [1.29, 1.82) is 0 Å². The molecule has 0 aliphatic heterocycles. The lowest BCUT2D eigenvalue weighted by molar-refractivity contribution is -0.118. The number of hydrogen-bond donors (Lipinski definition) is 1. The normalized spacial score (nSPS) is 11.3. The molecule has 0 atom stereocenters. The van der Waals surface area contributed by atoms with Crippen LogP contribution in [0.3, 0.4) is 0 Å². The molecule has 0 radical (unpaired) electrons. The van der Waals surface area contributed by atoms with Crippen molar-refractivity contribution in [1.82, 2.24) is 9.66 Å². The van der Waals surface area contributed by atoms with Crippen molar-refractivity contribution in [3.63, 3.8) is 0 Å². The van der Waals surface area contributed by atoms with E-state index in [0.717, 1.165) is 10.9 Å². The van der Waals surface area contributed by atoms with E-state index in [1.807, 2.05) is 62.4 Å². The number of halogens is 1. The Morgan fingerprint density at radius 1 is 0.978 bits per heavy atom. The zero-order valence-electron chi connectivity index (χ0n) is 25.2. The minimum Gasteiger partial charge on any atom is -0.496 e. The third-order valence-electron chi connectivity index (χ3n) is 7.17. The van der Waals surface area contributed by atoms with Crippen LogP contribution in [0.25, 0.3) is 33.5 Å². The number of furan rings is 1. The van der Waals surface area contributed by atoms with Crippen LogP contribution < -0.4 is 25.1 Å². The molecule has 2 aromatic heterocycles. The Kier molecular flexibility index (Phi) is 8.84. The fourth-order valence-electron chi connectivity index (χ4n) is 4.91. The maximum absolute atomic E-state index is 13.7. The first-order chi connectivity index (χ1) is 22.4. The summed E-state index contributed by atoms with van der Waals surface area (Å²) in [4.78, 5) is 31.1. The number of methoxy groups -OCH3 is 1. The number of ether oxygens (including phenoxy) is 3. The van der Waals surface area contributed by atoms with Gasteiger partial charge in [-0.3, -0.25) is 9.59 Å². The first-order valence-electron chi connectivity index (χ1n) is 14.4. The summed E-state index contributed by atoms with van der Waals surface area (Å²) < 4.78 is 25.1. The SMILES string of the molecule is CCOc1cc(C=Nn2c(-c3cc4c(OC)cccc4o3)nc3ccccc3c2=O)c(Br)cc1OCC(=O)Nc1ccccc1C. The van der Waals surface area contributed by atoms with Gasteiger partial charge in [-0.1, -0.05) is 36.4 Å². The Bertz CT molecular complexity index is 2170. The molecule has 0 fully saturated rings. The Hall–Kier alpha value is -5.42. The summed E-state index contributed by atoms with van der Waals surface area (Å²) in [6, 6.07) is 25.2. The van der Waals surface area contributed by atoms with Gasteiger partial charge in [-0.2, -0.15) is 9.78 Å². The largest absolute Gasteiger partial charge is 0.496 e. The number of para-hydroxylation sites is 2. The highest BCUT2D eigenvalue weighted by atomic mass is 79.9. The van der Waals surface area contributed by atoms with Crippen molar-refractivity contribution in [3.8, 4) is 28.8 Å². The summed E-state index contributed by atoms with van der Waals surface area (Å²) in [5.74, 6) is 1.67. The zero-order chi connectivity index (χ0) is 32.2. The van der Waals surface area contributed by atoms with Gasteiger partial charge in [0.2, 0.25) is 5.82 Å². The molecule has 0 aliphatic rings. The molecular formula is C35H29BrN4O6. The van der Waals surface area contributed by atoms with Crippen LogP contribution in [0.2, 0.25) is 0 Å². The van der Waals surface area contributed by atoms with E-state index >= 15 is 0 Å². The maximum Gasteiger partial charge on any atom is 0.282 e. The van der Waals surface area contributed by atoms with E-state index in [-0.39, 0.29) is 23.9 Å². The highest BCUT2D eigenvalue weighted by Crippen LogP contribution is 2.35. The van der Waals surface area contributed by atoms with Crippen molar-refractivity contribution >= 4 is 55.6 Å². The first kappa shape index (κ1) is 30.6. The molecule has 0 bridgehead atoms. The first-order valence-corrected chi connectivity index (χ1v) is 15.2. The second-order valence-corrected chi connectivity index (χ2v) is 11.1. The summed E-state index contributed by atoms with van der Waals surface area (Å²) in [5.41, 5.74) is 2.98. The molecule has 4 aromatic carbocycles. The highest BCUT2D eigenvalue weighted by Gasteiger charge is 2.19. The quantitative estimate of drug-likeness (QED) is 0.152. The molecule has 6 aromatic rings. The second kappa shape index (κ2) is 13.3. The number of aryl methyl sites for hydroxylation is 1. The third kappa shape index (κ3) is 6.22. The van der Waals surface area contributed by atoms with E-state index < -0.39 is 0 Å². The molecule has 0 aliphatic carbocycles. The Morgan fingerprint density at radius 2 is 1.76 bits per heavy atom. The van der Waals surface area contributed by atoms with Crippen LogP contribution in [0.4, 0.5) is 5.69 Å². The van der Waals surface area contributed by atoms with E-state index in [2.05, 4.69) is 26.3 Å².